The van der Waals surface area contributed by atoms with Crippen LogP contribution in [0.25, 0.3) is 0 Å². The van der Waals surface area contributed by atoms with E-state index in [0.717, 1.165) is 171 Å². The van der Waals surface area contributed by atoms with Crippen molar-refractivity contribution in [2.75, 3.05) is 66.1 Å². The van der Waals surface area contributed by atoms with Gasteiger partial charge in [0.2, 0.25) is 0 Å². The quantitative estimate of drug-likeness (QED) is 0.168. The molecular formula is C45H67Br2N7O11. The first kappa shape index (κ1) is 59.0. The Balaban J connectivity index is 0.000000387. The number of hydrogen-bond acceptors (Lipinski definition) is 15. The number of ether oxygens (including phenoxy) is 5. The molecule has 5 aliphatic heterocycles. The van der Waals surface area contributed by atoms with E-state index in [0.29, 0.717) is 17.8 Å². The van der Waals surface area contributed by atoms with Crippen LogP contribution in [0.3, 0.4) is 0 Å². The number of ketones is 1. The van der Waals surface area contributed by atoms with Crippen LogP contribution in [0, 0.1) is 50.9 Å². The number of nitriles is 1. The fourth-order valence-corrected chi connectivity index (χ4v) is 6.64. The highest BCUT2D eigenvalue weighted by atomic mass is 79.9. The minimum atomic E-state index is -0.162. The lowest BCUT2D eigenvalue weighted by molar-refractivity contribution is -0.193. The Kier molecular flexibility index (Phi) is 33.7. The molecule has 8 rings (SSSR count). The van der Waals surface area contributed by atoms with Crippen LogP contribution < -0.4 is 0 Å². The topological polar surface area (TPSA) is 258 Å². The van der Waals surface area contributed by atoms with Gasteiger partial charge in [-0.3, -0.25) is 4.79 Å². The minimum absolute atomic E-state index is 0.0926. The molecule has 0 spiro atoms. The van der Waals surface area contributed by atoms with Crippen LogP contribution in [0.15, 0.2) is 12.4 Å². The van der Waals surface area contributed by atoms with Crippen molar-refractivity contribution in [3.8, 4) is 6.07 Å². The molecule has 0 unspecified atom stereocenters. The number of aromatic nitrogens is 6. The second kappa shape index (κ2) is 37.1. The number of carbonyl (C=O) groups is 2. The molecule has 3 aromatic heterocycles. The number of aldehydes is 1. The smallest absolute Gasteiger partial charge is 0.373 e. The molecule has 0 atom stereocenters. The zero-order chi connectivity index (χ0) is 48.2. The zero-order valence-corrected chi connectivity index (χ0v) is 41.5. The molecule has 20 heteroatoms. The summed E-state index contributed by atoms with van der Waals surface area (Å²) < 4.78 is 25.8. The van der Waals surface area contributed by atoms with E-state index in [2.05, 4.69) is 81.7 Å². The normalized spacial score (nSPS) is 17.8. The lowest BCUT2D eigenvalue weighted by Gasteiger charge is -2.19. The average Bonchev–Trinajstić information content (AvgIpc) is 4.08. The number of H-pyrrole nitrogens is 3. The van der Waals surface area contributed by atoms with Crippen LogP contribution in [-0.4, -0.2) is 124 Å². The third-order valence-electron chi connectivity index (χ3n) is 10.6. The van der Waals surface area contributed by atoms with Gasteiger partial charge in [-0.2, -0.15) is 24.4 Å². The summed E-state index contributed by atoms with van der Waals surface area (Å²) in [7, 11) is 0. The molecule has 362 valence electrons. The van der Waals surface area contributed by atoms with E-state index in [1.54, 1.807) is 0 Å². The Labute approximate surface area is 399 Å². The first-order valence-corrected chi connectivity index (χ1v) is 23.7. The maximum Gasteiger partial charge on any atom is 0.373 e. The molecule has 3 N–H and O–H groups in total. The maximum atomic E-state index is 10.1. The summed E-state index contributed by atoms with van der Waals surface area (Å²) in [5, 5.41) is 8.39. The summed E-state index contributed by atoms with van der Waals surface area (Å²) in [4.78, 5) is 75.7. The van der Waals surface area contributed by atoms with Crippen molar-refractivity contribution in [1.29, 1.82) is 5.26 Å². The number of carbonyl (C=O) groups excluding carboxylic acids is 6. The molecule has 65 heavy (non-hydrogen) atoms. The number of halogens is 2. The molecule has 0 bridgehead atoms. The number of nitrogens with zero attached hydrogens (tertiary/aromatic N) is 4. The number of rotatable bonds is 5. The van der Waals surface area contributed by atoms with Crippen molar-refractivity contribution in [2.24, 2.45) is 11.8 Å². The highest BCUT2D eigenvalue weighted by Crippen LogP contribution is 2.26. The molecule has 8 heterocycles. The highest BCUT2D eigenvalue weighted by molar-refractivity contribution is 9.25. The van der Waals surface area contributed by atoms with Gasteiger partial charge in [-0.05, 0) is 98.8 Å². The molecule has 0 aliphatic carbocycles. The first-order valence-electron chi connectivity index (χ1n) is 21.9. The van der Waals surface area contributed by atoms with Gasteiger partial charge in [0.25, 0.3) is 0 Å². The Hall–Kier alpha value is -4.02. The van der Waals surface area contributed by atoms with E-state index in [-0.39, 0.29) is 33.7 Å². The summed E-state index contributed by atoms with van der Waals surface area (Å²) in [5.74, 6) is 5.83. The SMILES string of the molecule is CC(=O)C(Br)Br.Cc1cnc(C2CCOCC2)[nH]1.Cc1cnc(C2CCOCC2)[nH]1.Cc1nc(C2CCOCC2)[nH]c1C.N#CC1CCOCC1.O=C=O.O=C=O.O=CC1CCOCC1. The summed E-state index contributed by atoms with van der Waals surface area (Å²) in [6.07, 6.45) is 15.6. The predicted molar refractivity (Wildman–Crippen MR) is 244 cm³/mol. The molecule has 18 nitrogen and oxygen atoms in total. The van der Waals surface area contributed by atoms with Gasteiger partial charge in [0.1, 0.15) is 27.5 Å². The van der Waals surface area contributed by atoms with Gasteiger partial charge in [0.05, 0.1) is 17.7 Å². The highest BCUT2D eigenvalue weighted by Gasteiger charge is 2.20. The van der Waals surface area contributed by atoms with Gasteiger partial charge in [-0.15, -0.1) is 0 Å². The van der Waals surface area contributed by atoms with Crippen LogP contribution in [0.1, 0.15) is 129 Å². The third kappa shape index (κ3) is 27.3. The van der Waals surface area contributed by atoms with Crippen molar-refractivity contribution in [3.05, 3.63) is 52.6 Å². The average molecular weight is 1040 g/mol. The molecule has 0 saturated carbocycles. The fourth-order valence-electron chi connectivity index (χ4n) is 6.64. The third-order valence-corrected chi connectivity index (χ3v) is 11.9. The van der Waals surface area contributed by atoms with E-state index >= 15 is 0 Å². The molecule has 0 radical (unpaired) electrons. The number of hydrogen-bond donors (Lipinski definition) is 3. The van der Waals surface area contributed by atoms with E-state index < -0.39 is 0 Å². The van der Waals surface area contributed by atoms with Crippen molar-refractivity contribution >= 4 is 56.2 Å². The second-order valence-corrected chi connectivity index (χ2v) is 18.6. The van der Waals surface area contributed by atoms with Crippen molar-refractivity contribution in [1.82, 2.24) is 29.9 Å². The van der Waals surface area contributed by atoms with Gasteiger partial charge in [-0.25, -0.2) is 15.0 Å². The lowest BCUT2D eigenvalue weighted by atomic mass is 10.00. The zero-order valence-electron chi connectivity index (χ0n) is 38.4. The van der Waals surface area contributed by atoms with Gasteiger partial charge >= 0.3 is 12.3 Å². The lowest BCUT2D eigenvalue weighted by Crippen LogP contribution is -2.16. The maximum absolute atomic E-state index is 10.1. The summed E-state index contributed by atoms with van der Waals surface area (Å²) in [5.41, 5.74) is 4.62. The molecule has 5 saturated heterocycles. The van der Waals surface area contributed by atoms with Gasteiger partial charge in [-0.1, -0.05) is 31.9 Å². The van der Waals surface area contributed by atoms with Crippen LogP contribution in [0.4, 0.5) is 0 Å². The van der Waals surface area contributed by atoms with Gasteiger partial charge < -0.3 is 43.4 Å². The summed E-state index contributed by atoms with van der Waals surface area (Å²) >= 11 is 6.01. The molecular weight excluding hydrogens is 974 g/mol. The Morgan fingerprint density at radius 1 is 0.631 bits per heavy atom. The van der Waals surface area contributed by atoms with Crippen molar-refractivity contribution in [2.45, 2.75) is 120 Å². The number of nitrogens with one attached hydrogen (secondary N) is 3. The van der Waals surface area contributed by atoms with E-state index in [4.69, 9.17) is 48.1 Å². The minimum Gasteiger partial charge on any atom is -0.381 e. The van der Waals surface area contributed by atoms with Crippen LogP contribution in [-0.2, 0) is 52.5 Å². The number of Topliss-reactive ketones (excluding diaryl/α,β-unsaturated/α-hetero) is 1. The van der Waals surface area contributed by atoms with Crippen LogP contribution in [0.5, 0.6) is 0 Å². The largest absolute Gasteiger partial charge is 0.381 e. The molecule has 5 fully saturated rings. The molecule has 3 aromatic rings. The molecule has 0 aromatic carbocycles. The number of aromatic amines is 3. The van der Waals surface area contributed by atoms with Gasteiger partial charge in [0.15, 0.2) is 5.78 Å². The summed E-state index contributed by atoms with van der Waals surface area (Å²) in [6, 6.07) is 2.22. The van der Waals surface area contributed by atoms with E-state index in [1.165, 1.54) is 12.6 Å². The number of imidazole rings is 3. The van der Waals surface area contributed by atoms with Crippen LogP contribution >= 0.6 is 31.9 Å². The Morgan fingerprint density at radius 2 is 0.954 bits per heavy atom. The fraction of sp³-hybridized carbons (Fsp3) is 0.689. The standard InChI is InChI=1S/C10H16N2O.2C9H14N2O.C6H9NO.C6H10O2.C3H4Br2O.2CO2/c1-7-8(2)12-10(11-7)9-3-5-13-6-4-9;2*1-7-6-10-9(11-7)8-2-4-12-5-3-8;2*7-5-6-1-3-8-4-2-6;1-2(6)3(4)5;2*2-1-3/h9H,3-6H2,1-2H3,(H,11,12);2*6,8H,2-5H2,1H3,(H,10,11);6H,1-4H2;5-6H,1-4H2;3H,1H3;;. The second-order valence-electron chi connectivity index (χ2n) is 15.6. The van der Waals surface area contributed by atoms with Crippen molar-refractivity contribution < 1.29 is 52.5 Å². The van der Waals surface area contributed by atoms with E-state index in [1.807, 2.05) is 26.2 Å². The van der Waals surface area contributed by atoms with E-state index in [9.17, 15) is 9.59 Å². The Bertz CT molecular complexity index is 1720. The van der Waals surface area contributed by atoms with Gasteiger partial charge in [0, 0.05) is 119 Å². The molecule has 0 amide bonds. The summed E-state index contributed by atoms with van der Waals surface area (Å²) in [6.45, 7) is 18.1. The first-order chi connectivity index (χ1) is 31.3. The Morgan fingerprint density at radius 3 is 1.18 bits per heavy atom. The number of alkyl halides is 2. The predicted octanol–water partition coefficient (Wildman–Crippen LogP) is 7.22. The number of aryl methyl sites for hydroxylation is 4. The monoisotopic (exact) mass is 1040 g/mol. The van der Waals surface area contributed by atoms with Crippen LogP contribution in [0.2, 0.25) is 0 Å². The molecule has 5 aliphatic rings. The van der Waals surface area contributed by atoms with Crippen molar-refractivity contribution in [3.63, 3.8) is 0 Å².